The Hall–Kier alpha value is -1.75. The molecule has 1 saturated carbocycles. The van der Waals surface area contributed by atoms with Crippen molar-refractivity contribution in [2.24, 2.45) is 17.6 Å². The van der Waals surface area contributed by atoms with E-state index in [9.17, 15) is 9.59 Å². The maximum atomic E-state index is 12.5. The molecule has 1 aliphatic carbocycles. The van der Waals surface area contributed by atoms with Gasteiger partial charge in [-0.1, -0.05) is 30.8 Å². The maximum Gasteiger partial charge on any atom is 0.237 e. The summed E-state index contributed by atoms with van der Waals surface area (Å²) in [5, 5.41) is 0. The first kappa shape index (κ1) is 13.2. The van der Waals surface area contributed by atoms with Gasteiger partial charge in [0.1, 0.15) is 4.99 Å². The number of hydrogen-bond acceptors (Lipinski definition) is 3. The Morgan fingerprint density at radius 1 is 1.25 bits per heavy atom. The van der Waals surface area contributed by atoms with Gasteiger partial charge in [0.2, 0.25) is 11.8 Å². The van der Waals surface area contributed by atoms with Crippen LogP contribution in [0.25, 0.3) is 0 Å². The first-order valence-corrected chi connectivity index (χ1v) is 7.20. The number of carbonyl (C=O) groups is 2. The number of aryl methyl sites for hydroxylation is 1. The molecule has 2 fully saturated rings. The molecule has 1 saturated heterocycles. The second kappa shape index (κ2) is 4.66. The molecule has 104 valence electrons. The molecule has 1 heterocycles. The normalized spacial score (nSPS) is 25.1. The number of thiocarbonyl (C=S) groups is 1. The second-order valence-corrected chi connectivity index (χ2v) is 5.96. The van der Waals surface area contributed by atoms with Crippen molar-refractivity contribution in [3.05, 3.63) is 29.3 Å². The van der Waals surface area contributed by atoms with Crippen LogP contribution in [0.5, 0.6) is 0 Å². The van der Waals surface area contributed by atoms with Gasteiger partial charge in [0.25, 0.3) is 0 Å². The van der Waals surface area contributed by atoms with Crippen molar-refractivity contribution in [1.29, 1.82) is 0 Å². The molecule has 3 rings (SSSR count). The average Bonchev–Trinajstić information content (AvgIpc) is 2.96. The lowest BCUT2D eigenvalue weighted by Gasteiger charge is -2.19. The van der Waals surface area contributed by atoms with Gasteiger partial charge in [-0.15, -0.1) is 0 Å². The fourth-order valence-corrected chi connectivity index (χ4v) is 3.36. The summed E-state index contributed by atoms with van der Waals surface area (Å²) in [6.45, 7) is 1.88. The molecule has 4 nitrogen and oxygen atoms in total. The number of amides is 2. The van der Waals surface area contributed by atoms with Gasteiger partial charge in [-0.3, -0.25) is 9.59 Å². The number of imide groups is 1. The van der Waals surface area contributed by atoms with Crippen LogP contribution in [-0.4, -0.2) is 16.8 Å². The Kier molecular flexibility index (Phi) is 3.09. The monoisotopic (exact) mass is 288 g/mol. The van der Waals surface area contributed by atoms with E-state index in [-0.39, 0.29) is 28.6 Å². The van der Waals surface area contributed by atoms with E-state index in [1.807, 2.05) is 19.1 Å². The predicted molar refractivity (Wildman–Crippen MR) is 80.4 cm³/mol. The lowest BCUT2D eigenvalue weighted by molar-refractivity contribution is -0.122. The molecule has 1 aromatic rings. The van der Waals surface area contributed by atoms with E-state index in [2.05, 4.69) is 0 Å². The largest absolute Gasteiger partial charge is 0.389 e. The first-order valence-electron chi connectivity index (χ1n) is 6.79. The van der Waals surface area contributed by atoms with Gasteiger partial charge in [-0.05, 0) is 31.4 Å². The van der Waals surface area contributed by atoms with Crippen LogP contribution in [0.3, 0.4) is 0 Å². The van der Waals surface area contributed by atoms with Crippen molar-refractivity contribution in [2.45, 2.75) is 26.2 Å². The molecule has 0 spiro atoms. The van der Waals surface area contributed by atoms with Crippen LogP contribution in [0.4, 0.5) is 5.69 Å². The smallest absolute Gasteiger partial charge is 0.237 e. The summed E-state index contributed by atoms with van der Waals surface area (Å²) >= 11 is 4.97. The van der Waals surface area contributed by atoms with Crippen molar-refractivity contribution < 1.29 is 9.59 Å². The topological polar surface area (TPSA) is 63.4 Å². The summed E-state index contributed by atoms with van der Waals surface area (Å²) < 4.78 is 0. The Bertz CT molecular complexity index is 604. The highest BCUT2D eigenvalue weighted by atomic mass is 32.1. The van der Waals surface area contributed by atoms with E-state index < -0.39 is 0 Å². The highest BCUT2D eigenvalue weighted by Gasteiger charge is 2.50. The number of nitrogens with zero attached hydrogens (tertiary/aromatic N) is 1. The van der Waals surface area contributed by atoms with E-state index in [0.29, 0.717) is 11.3 Å². The van der Waals surface area contributed by atoms with Gasteiger partial charge in [0.05, 0.1) is 17.5 Å². The third kappa shape index (κ3) is 1.85. The van der Waals surface area contributed by atoms with Crippen LogP contribution in [0.1, 0.15) is 30.4 Å². The van der Waals surface area contributed by atoms with Crippen LogP contribution in [0.2, 0.25) is 0 Å². The van der Waals surface area contributed by atoms with Crippen molar-refractivity contribution in [2.75, 3.05) is 4.90 Å². The summed E-state index contributed by atoms with van der Waals surface area (Å²) in [6.07, 6.45) is 2.60. The lowest BCUT2D eigenvalue weighted by atomic mass is 10.00. The van der Waals surface area contributed by atoms with E-state index in [1.54, 1.807) is 6.07 Å². The summed E-state index contributed by atoms with van der Waals surface area (Å²) in [5.41, 5.74) is 7.82. The summed E-state index contributed by atoms with van der Waals surface area (Å²) in [5.74, 6) is -0.396. The van der Waals surface area contributed by atoms with Crippen LogP contribution < -0.4 is 10.6 Å². The Balaban J connectivity index is 2.05. The molecule has 1 aromatic carbocycles. The number of anilines is 1. The molecule has 2 atom stereocenters. The Morgan fingerprint density at radius 2 is 1.85 bits per heavy atom. The van der Waals surface area contributed by atoms with Crippen molar-refractivity contribution in [1.82, 2.24) is 0 Å². The molecule has 0 bridgehead atoms. The minimum atomic E-state index is -0.129. The number of rotatable bonds is 2. The number of hydrogen-bond donors (Lipinski definition) is 1. The molecular weight excluding hydrogens is 272 g/mol. The minimum Gasteiger partial charge on any atom is -0.389 e. The van der Waals surface area contributed by atoms with E-state index in [0.717, 1.165) is 24.8 Å². The third-order valence-electron chi connectivity index (χ3n) is 4.33. The quantitative estimate of drug-likeness (QED) is 0.667. The molecule has 20 heavy (non-hydrogen) atoms. The average molecular weight is 288 g/mol. The van der Waals surface area contributed by atoms with Crippen LogP contribution in [0.15, 0.2) is 18.2 Å². The summed E-state index contributed by atoms with van der Waals surface area (Å²) in [4.78, 5) is 26.6. The summed E-state index contributed by atoms with van der Waals surface area (Å²) in [7, 11) is 0. The second-order valence-electron chi connectivity index (χ2n) is 5.52. The standard InChI is InChI=1S/C15H16N2O2S/c1-8-5-6-9(13(16)20)7-12(8)17-14(18)10-3-2-4-11(10)15(17)19/h5-7,10-11H,2-4H2,1H3,(H2,16,20). The number of benzene rings is 1. The predicted octanol–water partition coefficient (Wildman–Crippen LogP) is 1.92. The van der Waals surface area contributed by atoms with Gasteiger partial charge in [0, 0.05) is 5.56 Å². The van der Waals surface area contributed by atoms with Gasteiger partial charge >= 0.3 is 0 Å². The van der Waals surface area contributed by atoms with Crippen molar-refractivity contribution in [3.63, 3.8) is 0 Å². The van der Waals surface area contributed by atoms with Crippen LogP contribution in [-0.2, 0) is 9.59 Å². The van der Waals surface area contributed by atoms with Crippen LogP contribution >= 0.6 is 12.2 Å². The first-order chi connectivity index (χ1) is 9.50. The molecule has 2 amide bonds. The molecule has 1 aliphatic heterocycles. The van der Waals surface area contributed by atoms with Gasteiger partial charge in [0.15, 0.2) is 0 Å². The molecule has 5 heteroatoms. The molecule has 0 radical (unpaired) electrons. The van der Waals surface area contributed by atoms with E-state index in [1.165, 1.54) is 4.90 Å². The lowest BCUT2D eigenvalue weighted by Crippen LogP contribution is -2.32. The molecule has 2 N–H and O–H groups in total. The van der Waals surface area contributed by atoms with Gasteiger partial charge < -0.3 is 5.73 Å². The molecular formula is C15H16N2O2S. The van der Waals surface area contributed by atoms with Crippen molar-refractivity contribution >= 4 is 34.7 Å². The zero-order valence-electron chi connectivity index (χ0n) is 11.3. The van der Waals surface area contributed by atoms with Gasteiger partial charge in [-0.25, -0.2) is 4.90 Å². The zero-order valence-corrected chi connectivity index (χ0v) is 12.1. The number of nitrogens with two attached hydrogens (primary N) is 1. The Labute approximate surface area is 122 Å². The zero-order chi connectivity index (χ0) is 14.4. The molecule has 2 aliphatic rings. The third-order valence-corrected chi connectivity index (χ3v) is 4.56. The van der Waals surface area contributed by atoms with Crippen LogP contribution in [0, 0.1) is 18.8 Å². The van der Waals surface area contributed by atoms with Crippen molar-refractivity contribution in [3.8, 4) is 0 Å². The SMILES string of the molecule is Cc1ccc(C(N)=S)cc1N1C(=O)C2CCCC2C1=O. The fourth-order valence-electron chi connectivity index (χ4n) is 3.23. The summed E-state index contributed by atoms with van der Waals surface area (Å²) in [6, 6.07) is 5.40. The maximum absolute atomic E-state index is 12.5. The molecule has 2 unspecified atom stereocenters. The van der Waals surface area contributed by atoms with Gasteiger partial charge in [-0.2, -0.15) is 0 Å². The minimum absolute atomic E-state index is 0.0688. The number of carbonyl (C=O) groups excluding carboxylic acids is 2. The number of fused-ring (bicyclic) bond motifs is 1. The Morgan fingerprint density at radius 3 is 2.40 bits per heavy atom. The van der Waals surface area contributed by atoms with E-state index in [4.69, 9.17) is 18.0 Å². The highest BCUT2D eigenvalue weighted by molar-refractivity contribution is 7.80. The molecule has 0 aromatic heterocycles. The highest BCUT2D eigenvalue weighted by Crippen LogP contribution is 2.42. The van der Waals surface area contributed by atoms with E-state index >= 15 is 0 Å². The fraction of sp³-hybridized carbons (Fsp3) is 0.400.